The van der Waals surface area contributed by atoms with E-state index in [9.17, 15) is 13.2 Å². The maximum absolute atomic E-state index is 12.7. The van der Waals surface area contributed by atoms with E-state index in [1.165, 1.54) is 39.8 Å². The van der Waals surface area contributed by atoms with Crippen LogP contribution in [0.2, 0.25) is 0 Å². The highest BCUT2D eigenvalue weighted by atomic mass is 32.2. The molecule has 160 valence electrons. The molecule has 1 saturated heterocycles. The number of piperidine rings is 1. The van der Waals surface area contributed by atoms with Crippen molar-refractivity contribution in [2.24, 2.45) is 0 Å². The number of rotatable bonds is 6. The number of amides is 1. The summed E-state index contributed by atoms with van der Waals surface area (Å²) in [6, 6.07) is 9.39. The van der Waals surface area contributed by atoms with Gasteiger partial charge in [-0.3, -0.25) is 4.79 Å². The van der Waals surface area contributed by atoms with Crippen LogP contribution in [-0.4, -0.2) is 42.0 Å². The number of aryl methyl sites for hydroxylation is 2. The van der Waals surface area contributed by atoms with E-state index in [1.54, 1.807) is 12.1 Å². The van der Waals surface area contributed by atoms with E-state index in [4.69, 9.17) is 0 Å². The summed E-state index contributed by atoms with van der Waals surface area (Å²) >= 11 is 1.32. The van der Waals surface area contributed by atoms with Gasteiger partial charge in [0.1, 0.15) is 4.90 Å². The molecule has 8 heteroatoms. The molecule has 1 unspecified atom stereocenters. The fourth-order valence-corrected chi connectivity index (χ4v) is 6.22. The molecule has 1 aliphatic carbocycles. The Hall–Kier alpha value is -1.90. The molecule has 0 radical (unpaired) electrons. The molecule has 1 N–H and O–H groups in total. The number of fused-ring (bicyclic) bond motifs is 1. The number of nitrogens with one attached hydrogen (secondary N) is 1. The van der Waals surface area contributed by atoms with Gasteiger partial charge in [0.05, 0.1) is 10.3 Å². The van der Waals surface area contributed by atoms with Crippen LogP contribution in [0.1, 0.15) is 43.7 Å². The first-order chi connectivity index (χ1) is 14.4. The molecule has 6 nitrogen and oxygen atoms in total. The van der Waals surface area contributed by atoms with Crippen molar-refractivity contribution in [2.75, 3.05) is 18.4 Å². The Morgan fingerprint density at radius 2 is 1.83 bits per heavy atom. The van der Waals surface area contributed by atoms with E-state index in [1.807, 2.05) is 13.0 Å². The molecule has 0 spiro atoms. The van der Waals surface area contributed by atoms with Gasteiger partial charge in [-0.2, -0.15) is 4.31 Å². The Morgan fingerprint density at radius 3 is 2.57 bits per heavy atom. The van der Waals surface area contributed by atoms with Crippen molar-refractivity contribution in [3.05, 3.63) is 47.7 Å². The number of hydrogen-bond donors (Lipinski definition) is 1. The summed E-state index contributed by atoms with van der Waals surface area (Å²) in [6.07, 6.45) is 7.64. The van der Waals surface area contributed by atoms with Gasteiger partial charge in [0.25, 0.3) is 0 Å². The van der Waals surface area contributed by atoms with Crippen molar-refractivity contribution in [3.63, 3.8) is 0 Å². The average Bonchev–Trinajstić information content (AvgIpc) is 3.22. The number of thioether (sulfide) groups is 1. The summed E-state index contributed by atoms with van der Waals surface area (Å²) in [4.78, 5) is 17.1. The zero-order valence-electron chi connectivity index (χ0n) is 17.1. The van der Waals surface area contributed by atoms with Crippen LogP contribution < -0.4 is 5.32 Å². The minimum atomic E-state index is -3.49. The molecule has 1 aliphatic heterocycles. The lowest BCUT2D eigenvalue weighted by Gasteiger charge is -2.25. The van der Waals surface area contributed by atoms with Crippen molar-refractivity contribution >= 4 is 33.4 Å². The van der Waals surface area contributed by atoms with Crippen molar-refractivity contribution in [3.8, 4) is 0 Å². The minimum Gasteiger partial charge on any atom is -0.325 e. The number of hydrogen-bond acceptors (Lipinski definition) is 5. The normalized spacial score (nSPS) is 18.0. The number of carbonyl (C=O) groups excluding carboxylic acids is 1. The summed E-state index contributed by atoms with van der Waals surface area (Å²) in [6.45, 7) is 2.96. The van der Waals surface area contributed by atoms with Gasteiger partial charge in [-0.15, -0.1) is 0 Å². The molecule has 30 heavy (non-hydrogen) atoms. The van der Waals surface area contributed by atoms with Crippen LogP contribution in [0.3, 0.4) is 0 Å². The highest BCUT2D eigenvalue weighted by Gasteiger charge is 2.26. The number of sulfonamides is 1. The predicted molar refractivity (Wildman–Crippen MR) is 119 cm³/mol. The van der Waals surface area contributed by atoms with Crippen LogP contribution in [0.5, 0.6) is 0 Å². The van der Waals surface area contributed by atoms with E-state index in [0.29, 0.717) is 18.1 Å². The first-order valence-electron chi connectivity index (χ1n) is 10.5. The Morgan fingerprint density at radius 1 is 1.07 bits per heavy atom. The lowest BCUT2D eigenvalue weighted by atomic mass is 10.1. The number of benzene rings is 1. The Balaban J connectivity index is 1.37. The SMILES string of the molecule is CC(Sc1ccc(S(=O)(=O)N2CCCCC2)cn1)C(=O)Nc1ccc2c(c1)CCC2. The molecule has 2 heterocycles. The van der Waals surface area contributed by atoms with Crippen LogP contribution >= 0.6 is 11.8 Å². The van der Waals surface area contributed by atoms with Gasteiger partial charge in [-0.05, 0) is 74.4 Å². The van der Waals surface area contributed by atoms with Gasteiger partial charge in [-0.1, -0.05) is 24.2 Å². The quantitative estimate of drug-likeness (QED) is 0.683. The monoisotopic (exact) mass is 445 g/mol. The summed E-state index contributed by atoms with van der Waals surface area (Å²) in [7, 11) is -3.49. The highest BCUT2D eigenvalue weighted by molar-refractivity contribution is 8.00. The number of aromatic nitrogens is 1. The molecule has 0 saturated carbocycles. The first-order valence-corrected chi connectivity index (χ1v) is 12.8. The van der Waals surface area contributed by atoms with Gasteiger partial charge >= 0.3 is 0 Å². The summed E-state index contributed by atoms with van der Waals surface area (Å²) in [5, 5.41) is 3.26. The Labute approximate surface area is 182 Å². The van der Waals surface area contributed by atoms with Crippen molar-refractivity contribution in [1.82, 2.24) is 9.29 Å². The fourth-order valence-electron chi connectivity index (χ4n) is 3.97. The third kappa shape index (κ3) is 4.71. The first kappa shape index (κ1) is 21.3. The summed E-state index contributed by atoms with van der Waals surface area (Å²) < 4.78 is 27.0. The number of anilines is 1. The van der Waals surface area contributed by atoms with E-state index < -0.39 is 10.0 Å². The molecule has 2 aromatic rings. The van der Waals surface area contributed by atoms with Crippen LogP contribution in [0, 0.1) is 0 Å². The Kier molecular flexibility index (Phi) is 6.46. The topological polar surface area (TPSA) is 79.4 Å². The zero-order chi connectivity index (χ0) is 21.1. The minimum absolute atomic E-state index is 0.0928. The average molecular weight is 446 g/mol. The molecule has 2 aliphatic rings. The largest absolute Gasteiger partial charge is 0.325 e. The van der Waals surface area contributed by atoms with E-state index in [-0.39, 0.29) is 16.1 Å². The van der Waals surface area contributed by atoms with Gasteiger partial charge in [0.15, 0.2) is 0 Å². The Bertz CT molecular complexity index is 1020. The molecule has 4 rings (SSSR count). The van der Waals surface area contributed by atoms with Crippen LogP contribution in [0.4, 0.5) is 5.69 Å². The second-order valence-corrected chi connectivity index (χ2v) is 11.2. The maximum atomic E-state index is 12.7. The molecule has 1 atom stereocenters. The van der Waals surface area contributed by atoms with Crippen LogP contribution in [-0.2, 0) is 27.7 Å². The standard InChI is InChI=1S/C22H27N3O3S2/c1-16(22(26)24-19-9-8-17-6-5-7-18(17)14-19)29-21-11-10-20(15-23-21)30(27,28)25-12-3-2-4-13-25/h8-11,14-16H,2-7,12-13H2,1H3,(H,24,26). The van der Waals surface area contributed by atoms with E-state index in [2.05, 4.69) is 22.4 Å². The lowest BCUT2D eigenvalue weighted by Crippen LogP contribution is -2.35. The van der Waals surface area contributed by atoms with Crippen molar-refractivity contribution in [2.45, 2.75) is 60.6 Å². The molecule has 0 bridgehead atoms. The van der Waals surface area contributed by atoms with E-state index >= 15 is 0 Å². The maximum Gasteiger partial charge on any atom is 0.244 e. The second kappa shape index (κ2) is 9.08. The number of pyridine rings is 1. The third-order valence-electron chi connectivity index (χ3n) is 5.69. The summed E-state index contributed by atoms with van der Waals surface area (Å²) in [5.41, 5.74) is 3.52. The van der Waals surface area contributed by atoms with Crippen LogP contribution in [0.25, 0.3) is 0 Å². The third-order valence-corrected chi connectivity index (χ3v) is 8.63. The molecule has 1 aromatic heterocycles. The van der Waals surface area contributed by atoms with Gasteiger partial charge in [-0.25, -0.2) is 13.4 Å². The lowest BCUT2D eigenvalue weighted by molar-refractivity contribution is -0.115. The van der Waals surface area contributed by atoms with E-state index in [0.717, 1.165) is 37.8 Å². The van der Waals surface area contributed by atoms with Gasteiger partial charge in [0.2, 0.25) is 15.9 Å². The molecule has 1 fully saturated rings. The predicted octanol–water partition coefficient (Wildman–Crippen LogP) is 3.86. The highest BCUT2D eigenvalue weighted by Crippen LogP contribution is 2.27. The molecular weight excluding hydrogens is 418 g/mol. The van der Waals surface area contributed by atoms with Crippen molar-refractivity contribution < 1.29 is 13.2 Å². The second-order valence-electron chi connectivity index (χ2n) is 7.88. The fraction of sp³-hybridized carbons (Fsp3) is 0.455. The number of nitrogens with zero attached hydrogens (tertiary/aromatic N) is 2. The van der Waals surface area contributed by atoms with Crippen molar-refractivity contribution in [1.29, 1.82) is 0 Å². The molecule has 1 amide bonds. The molecular formula is C22H27N3O3S2. The zero-order valence-corrected chi connectivity index (χ0v) is 18.8. The van der Waals surface area contributed by atoms with Gasteiger partial charge in [0, 0.05) is 25.0 Å². The smallest absolute Gasteiger partial charge is 0.244 e. The molecule has 1 aromatic carbocycles. The van der Waals surface area contributed by atoms with Crippen LogP contribution in [0.15, 0.2) is 46.5 Å². The van der Waals surface area contributed by atoms with Gasteiger partial charge < -0.3 is 5.32 Å². The summed E-state index contributed by atoms with van der Waals surface area (Å²) in [5.74, 6) is -0.0928. The number of carbonyl (C=O) groups is 1.